The van der Waals surface area contributed by atoms with Crippen LogP contribution in [-0.2, 0) is 16.0 Å². The highest BCUT2D eigenvalue weighted by Crippen LogP contribution is 2.32. The zero-order valence-electron chi connectivity index (χ0n) is 13.5. The molecule has 1 saturated heterocycles. The molecule has 1 aliphatic rings. The summed E-state index contributed by atoms with van der Waals surface area (Å²) < 4.78 is 0. The minimum Gasteiger partial charge on any atom is -0.325 e. The largest absolute Gasteiger partial charge is 0.325 e. The van der Waals surface area contributed by atoms with Crippen LogP contribution in [0.25, 0.3) is 6.08 Å². The molecular formula is C18H13N3O3S2. The molecule has 3 rings (SSSR count). The van der Waals surface area contributed by atoms with E-state index in [0.717, 1.165) is 27.1 Å². The SMILES string of the molecule is N#CCc1ccc(NC(=O)CN2C(=O)S/C(=C\c3cccs3)C2=O)cc1. The topological polar surface area (TPSA) is 90.3 Å². The Morgan fingerprint density at radius 1 is 1.23 bits per heavy atom. The number of amides is 3. The number of thioether (sulfide) groups is 1. The third-order valence-electron chi connectivity index (χ3n) is 3.51. The Morgan fingerprint density at radius 3 is 2.65 bits per heavy atom. The van der Waals surface area contributed by atoms with Crippen LogP contribution in [0.3, 0.4) is 0 Å². The number of hydrogen-bond acceptors (Lipinski definition) is 6. The van der Waals surface area contributed by atoms with Crippen molar-refractivity contribution in [1.29, 1.82) is 5.26 Å². The molecule has 1 aliphatic heterocycles. The van der Waals surface area contributed by atoms with Crippen LogP contribution >= 0.6 is 23.1 Å². The summed E-state index contributed by atoms with van der Waals surface area (Å²) in [7, 11) is 0. The predicted octanol–water partition coefficient (Wildman–Crippen LogP) is 3.49. The van der Waals surface area contributed by atoms with E-state index >= 15 is 0 Å². The minimum absolute atomic E-state index is 0.293. The number of hydrogen-bond donors (Lipinski definition) is 1. The van der Waals surface area contributed by atoms with Gasteiger partial charge >= 0.3 is 0 Å². The highest BCUT2D eigenvalue weighted by molar-refractivity contribution is 8.18. The van der Waals surface area contributed by atoms with E-state index in [1.807, 2.05) is 23.6 Å². The third-order valence-corrected chi connectivity index (χ3v) is 5.24. The van der Waals surface area contributed by atoms with Crippen LogP contribution in [0.1, 0.15) is 10.4 Å². The minimum atomic E-state index is -0.465. The second-order valence-electron chi connectivity index (χ2n) is 5.36. The highest BCUT2D eigenvalue weighted by atomic mass is 32.2. The molecule has 2 heterocycles. The first-order chi connectivity index (χ1) is 12.6. The molecule has 3 amide bonds. The number of thiophene rings is 1. The molecule has 1 aromatic carbocycles. The summed E-state index contributed by atoms with van der Waals surface area (Å²) in [5.74, 6) is -0.925. The molecule has 8 heteroatoms. The fourth-order valence-corrected chi connectivity index (χ4v) is 3.84. The monoisotopic (exact) mass is 383 g/mol. The van der Waals surface area contributed by atoms with Crippen LogP contribution in [0.5, 0.6) is 0 Å². The standard InChI is InChI=1S/C18H13N3O3S2/c19-8-7-12-3-5-13(6-4-12)20-16(22)11-21-17(23)15(26-18(21)24)10-14-2-1-9-25-14/h1-6,9-10H,7,11H2,(H,20,22)/b15-10-. The number of nitrogens with one attached hydrogen (secondary N) is 1. The molecule has 0 unspecified atom stereocenters. The molecule has 0 bridgehead atoms. The first-order valence-electron chi connectivity index (χ1n) is 7.61. The number of carbonyl (C=O) groups is 3. The Bertz CT molecular complexity index is 912. The van der Waals surface area contributed by atoms with Gasteiger partial charge in [0.1, 0.15) is 6.54 Å². The summed E-state index contributed by atoms with van der Waals surface area (Å²) in [6, 6.07) is 12.6. The smallest absolute Gasteiger partial charge is 0.294 e. The van der Waals surface area contributed by atoms with Crippen molar-refractivity contribution in [3.8, 4) is 6.07 Å². The van der Waals surface area contributed by atoms with E-state index in [2.05, 4.69) is 5.32 Å². The van der Waals surface area contributed by atoms with Gasteiger partial charge in [-0.3, -0.25) is 19.3 Å². The predicted molar refractivity (Wildman–Crippen MR) is 101 cm³/mol. The maximum atomic E-state index is 12.4. The van der Waals surface area contributed by atoms with E-state index < -0.39 is 17.1 Å². The molecule has 1 aromatic heterocycles. The van der Waals surface area contributed by atoms with Gasteiger partial charge in [-0.25, -0.2) is 0 Å². The summed E-state index contributed by atoms with van der Waals surface area (Å²) in [4.78, 5) is 38.7. The number of benzene rings is 1. The summed E-state index contributed by atoms with van der Waals surface area (Å²) in [6.45, 7) is -0.341. The Hall–Kier alpha value is -2.89. The molecule has 130 valence electrons. The lowest BCUT2D eigenvalue weighted by molar-refractivity contribution is -0.127. The summed E-state index contributed by atoms with van der Waals surface area (Å²) in [6.07, 6.45) is 1.95. The lowest BCUT2D eigenvalue weighted by atomic mass is 10.1. The Morgan fingerprint density at radius 2 is 2.00 bits per heavy atom. The van der Waals surface area contributed by atoms with Crippen LogP contribution in [0, 0.1) is 11.3 Å². The Kier molecular flexibility index (Phi) is 5.51. The van der Waals surface area contributed by atoms with Gasteiger partial charge in [0.15, 0.2) is 0 Å². The van der Waals surface area contributed by atoms with E-state index in [0.29, 0.717) is 17.0 Å². The maximum Gasteiger partial charge on any atom is 0.294 e. The van der Waals surface area contributed by atoms with Gasteiger partial charge in [-0.15, -0.1) is 11.3 Å². The fraction of sp³-hybridized carbons (Fsp3) is 0.111. The molecule has 1 fully saturated rings. The summed E-state index contributed by atoms with van der Waals surface area (Å²) in [5, 5.41) is 12.7. The van der Waals surface area contributed by atoms with Crippen LogP contribution < -0.4 is 5.32 Å². The number of nitrogens with zero attached hydrogens (tertiary/aromatic N) is 2. The highest BCUT2D eigenvalue weighted by Gasteiger charge is 2.36. The van der Waals surface area contributed by atoms with Crippen molar-refractivity contribution >= 4 is 51.9 Å². The lowest BCUT2D eigenvalue weighted by Crippen LogP contribution is -2.36. The van der Waals surface area contributed by atoms with Crippen molar-refractivity contribution in [2.75, 3.05) is 11.9 Å². The second kappa shape index (κ2) is 7.99. The van der Waals surface area contributed by atoms with Crippen LogP contribution in [0.2, 0.25) is 0 Å². The molecular weight excluding hydrogens is 370 g/mol. The normalized spacial score (nSPS) is 15.3. The van der Waals surface area contributed by atoms with Crippen LogP contribution in [0.15, 0.2) is 46.7 Å². The van der Waals surface area contributed by atoms with Crippen molar-refractivity contribution in [2.45, 2.75) is 6.42 Å². The first kappa shape index (κ1) is 17.9. The number of carbonyl (C=O) groups excluding carboxylic acids is 3. The zero-order chi connectivity index (χ0) is 18.5. The van der Waals surface area contributed by atoms with Crippen molar-refractivity contribution in [2.24, 2.45) is 0 Å². The van der Waals surface area contributed by atoms with Gasteiger partial charge < -0.3 is 5.32 Å². The van der Waals surface area contributed by atoms with E-state index in [-0.39, 0.29) is 6.54 Å². The number of anilines is 1. The summed E-state index contributed by atoms with van der Waals surface area (Å²) in [5.41, 5.74) is 1.38. The Labute approximate surface area is 158 Å². The molecule has 0 radical (unpaired) electrons. The molecule has 6 nitrogen and oxygen atoms in total. The molecule has 0 aliphatic carbocycles. The Balaban J connectivity index is 1.63. The van der Waals surface area contributed by atoms with Crippen LogP contribution in [-0.4, -0.2) is 28.5 Å². The molecule has 1 N–H and O–H groups in total. The van der Waals surface area contributed by atoms with Gasteiger partial charge in [-0.2, -0.15) is 5.26 Å². The van der Waals surface area contributed by atoms with Crippen molar-refractivity contribution in [1.82, 2.24) is 4.90 Å². The third kappa shape index (κ3) is 4.20. The molecule has 0 saturated carbocycles. The lowest BCUT2D eigenvalue weighted by Gasteiger charge is -2.12. The number of nitriles is 1. The molecule has 0 spiro atoms. The average Bonchev–Trinajstić information content (AvgIpc) is 3.21. The van der Waals surface area contributed by atoms with E-state index in [1.54, 1.807) is 30.3 Å². The zero-order valence-corrected chi connectivity index (χ0v) is 15.1. The van der Waals surface area contributed by atoms with Gasteiger partial charge in [0, 0.05) is 10.6 Å². The number of imide groups is 1. The van der Waals surface area contributed by atoms with Gasteiger partial charge in [-0.1, -0.05) is 18.2 Å². The van der Waals surface area contributed by atoms with Crippen molar-refractivity contribution < 1.29 is 14.4 Å². The molecule has 2 aromatic rings. The maximum absolute atomic E-state index is 12.4. The van der Waals surface area contributed by atoms with Gasteiger partial charge in [-0.05, 0) is 47.0 Å². The molecule has 26 heavy (non-hydrogen) atoms. The van der Waals surface area contributed by atoms with Crippen LogP contribution in [0.4, 0.5) is 10.5 Å². The van der Waals surface area contributed by atoms with Crippen molar-refractivity contribution in [3.05, 3.63) is 57.1 Å². The molecule has 0 atom stereocenters. The van der Waals surface area contributed by atoms with E-state index in [9.17, 15) is 14.4 Å². The van der Waals surface area contributed by atoms with Crippen molar-refractivity contribution in [3.63, 3.8) is 0 Å². The van der Waals surface area contributed by atoms with Gasteiger partial charge in [0.05, 0.1) is 17.4 Å². The fourth-order valence-electron chi connectivity index (χ4n) is 2.28. The van der Waals surface area contributed by atoms with Gasteiger partial charge in [0.25, 0.3) is 11.1 Å². The number of rotatable bonds is 5. The second-order valence-corrected chi connectivity index (χ2v) is 7.34. The van der Waals surface area contributed by atoms with E-state index in [4.69, 9.17) is 5.26 Å². The average molecular weight is 383 g/mol. The van der Waals surface area contributed by atoms with E-state index in [1.165, 1.54) is 11.3 Å². The summed E-state index contributed by atoms with van der Waals surface area (Å²) >= 11 is 2.29. The van der Waals surface area contributed by atoms with Gasteiger partial charge in [0.2, 0.25) is 5.91 Å². The first-order valence-corrected chi connectivity index (χ1v) is 9.31. The quantitative estimate of drug-likeness (QED) is 0.798.